The molecule has 1 atom stereocenters. The van der Waals surface area contributed by atoms with Crippen molar-refractivity contribution in [3.8, 4) is 0 Å². The molecule has 1 aromatic carbocycles. The topological polar surface area (TPSA) is 65.4 Å². The lowest BCUT2D eigenvalue weighted by Gasteiger charge is -2.10. The predicted molar refractivity (Wildman–Crippen MR) is 88.6 cm³/mol. The molecule has 1 aliphatic heterocycles. The number of aromatic nitrogens is 4. The normalized spacial score (nSPS) is 17.0. The summed E-state index contributed by atoms with van der Waals surface area (Å²) in [4.78, 5) is 16.2. The van der Waals surface area contributed by atoms with Crippen molar-refractivity contribution in [3.05, 3.63) is 46.4 Å². The largest absolute Gasteiger partial charge is 0.320 e. The summed E-state index contributed by atoms with van der Waals surface area (Å²) in [5.74, 6) is 1.93. The van der Waals surface area contributed by atoms with E-state index in [4.69, 9.17) is 0 Å². The van der Waals surface area contributed by atoms with E-state index in [1.807, 2.05) is 11.8 Å². The number of hydrogen-bond donors (Lipinski definition) is 2. The van der Waals surface area contributed by atoms with E-state index < -0.39 is 0 Å². The van der Waals surface area contributed by atoms with Gasteiger partial charge in [-0.25, -0.2) is 9.55 Å². The van der Waals surface area contributed by atoms with Crippen molar-refractivity contribution < 1.29 is 4.57 Å². The first-order valence-corrected chi connectivity index (χ1v) is 9.02. The molecule has 3 heterocycles. The Kier molecular flexibility index (Phi) is 3.46. The number of nitrogens with zero attached hydrogens (tertiary/aromatic N) is 2. The number of thioether (sulfide) groups is 2. The van der Waals surface area contributed by atoms with E-state index in [9.17, 15) is 4.79 Å². The van der Waals surface area contributed by atoms with Gasteiger partial charge < -0.3 is 0 Å². The van der Waals surface area contributed by atoms with Crippen LogP contribution < -0.4 is 10.1 Å². The van der Waals surface area contributed by atoms with Crippen molar-refractivity contribution in [2.24, 2.45) is 0 Å². The second-order valence-electron chi connectivity index (χ2n) is 5.35. The first-order valence-electron chi connectivity index (χ1n) is 7.05. The molecule has 2 aromatic heterocycles. The zero-order chi connectivity index (χ0) is 15.1. The molecule has 0 bridgehead atoms. The van der Waals surface area contributed by atoms with E-state index in [0.717, 1.165) is 22.3 Å². The zero-order valence-electron chi connectivity index (χ0n) is 12.0. The fraction of sp³-hybridized carbons (Fsp3) is 0.267. The Bertz CT molecular complexity index is 885. The molecule has 112 valence electrons. The molecule has 1 unspecified atom stereocenters. The lowest BCUT2D eigenvalue weighted by molar-refractivity contribution is -0.724. The Morgan fingerprint density at radius 3 is 3.05 bits per heavy atom. The van der Waals surface area contributed by atoms with E-state index >= 15 is 0 Å². The molecule has 22 heavy (non-hydrogen) atoms. The van der Waals surface area contributed by atoms with Gasteiger partial charge in [0.25, 0.3) is 10.8 Å². The number of benzene rings is 1. The maximum absolute atomic E-state index is 12.0. The maximum atomic E-state index is 12.0. The number of H-pyrrole nitrogens is 2. The SMILES string of the molecule is Cc1ccc(SCC2CSc3[nH]c(=O)c4cn[nH]c4[n+]32)cc1. The zero-order valence-corrected chi connectivity index (χ0v) is 13.6. The first kappa shape index (κ1) is 13.9. The van der Waals surface area contributed by atoms with Crippen LogP contribution >= 0.6 is 23.5 Å². The molecule has 3 aromatic rings. The molecule has 0 spiro atoms. The Morgan fingerprint density at radius 2 is 2.23 bits per heavy atom. The van der Waals surface area contributed by atoms with E-state index in [2.05, 4.69) is 50.9 Å². The fourth-order valence-corrected chi connectivity index (χ4v) is 4.90. The lowest BCUT2D eigenvalue weighted by atomic mass is 10.2. The van der Waals surface area contributed by atoms with Crippen LogP contribution in [-0.4, -0.2) is 26.7 Å². The van der Waals surface area contributed by atoms with Crippen LogP contribution in [0.3, 0.4) is 0 Å². The molecule has 0 saturated carbocycles. The van der Waals surface area contributed by atoms with Crippen molar-refractivity contribution in [1.29, 1.82) is 0 Å². The van der Waals surface area contributed by atoms with Gasteiger partial charge in [-0.3, -0.25) is 4.79 Å². The van der Waals surface area contributed by atoms with Crippen molar-refractivity contribution >= 4 is 34.6 Å². The van der Waals surface area contributed by atoms with Crippen LogP contribution in [0.4, 0.5) is 0 Å². The first-order chi connectivity index (χ1) is 10.7. The summed E-state index contributed by atoms with van der Waals surface area (Å²) in [6.07, 6.45) is 1.59. The molecule has 0 aliphatic carbocycles. The Hall–Kier alpha value is -1.73. The third-order valence-corrected chi connectivity index (χ3v) is 6.07. The molecule has 5 nitrogen and oxygen atoms in total. The van der Waals surface area contributed by atoms with Gasteiger partial charge >= 0.3 is 5.56 Å². The fourth-order valence-electron chi connectivity index (χ4n) is 2.61. The smallest absolute Gasteiger partial charge is 0.250 e. The quantitative estimate of drug-likeness (QED) is 0.439. The highest BCUT2D eigenvalue weighted by Crippen LogP contribution is 2.30. The van der Waals surface area contributed by atoms with Gasteiger partial charge in [0.1, 0.15) is 6.04 Å². The summed E-state index contributed by atoms with van der Waals surface area (Å²) in [5.41, 5.74) is 2.02. The number of rotatable bonds is 3. The minimum atomic E-state index is -0.0747. The van der Waals surface area contributed by atoms with Gasteiger partial charge in [0.2, 0.25) is 0 Å². The van der Waals surface area contributed by atoms with E-state index in [1.54, 1.807) is 18.0 Å². The van der Waals surface area contributed by atoms with Crippen molar-refractivity contribution in [3.63, 3.8) is 0 Å². The van der Waals surface area contributed by atoms with Gasteiger partial charge in [-0.15, -0.1) is 16.9 Å². The van der Waals surface area contributed by atoms with Gasteiger partial charge in [0.05, 0.1) is 6.20 Å². The number of hydrogen-bond acceptors (Lipinski definition) is 4. The van der Waals surface area contributed by atoms with Crippen molar-refractivity contribution in [2.75, 3.05) is 11.5 Å². The van der Waals surface area contributed by atoms with Crippen LogP contribution in [0.5, 0.6) is 0 Å². The summed E-state index contributed by atoms with van der Waals surface area (Å²) in [6, 6.07) is 8.93. The summed E-state index contributed by atoms with van der Waals surface area (Å²) >= 11 is 3.54. The van der Waals surface area contributed by atoms with Crippen LogP contribution in [-0.2, 0) is 0 Å². The molecule has 0 saturated heterocycles. The molecular weight excluding hydrogens is 316 g/mol. The molecule has 4 rings (SSSR count). The van der Waals surface area contributed by atoms with Crippen molar-refractivity contribution in [2.45, 2.75) is 23.0 Å². The molecular formula is C15H15N4OS2+. The molecule has 1 aliphatic rings. The summed E-state index contributed by atoms with van der Waals surface area (Å²) in [5, 5.41) is 8.52. The molecule has 0 amide bonds. The Balaban J connectivity index is 1.63. The highest BCUT2D eigenvalue weighted by atomic mass is 32.2. The lowest BCUT2D eigenvalue weighted by Crippen LogP contribution is -2.43. The van der Waals surface area contributed by atoms with Crippen molar-refractivity contribution in [1.82, 2.24) is 15.2 Å². The monoisotopic (exact) mass is 331 g/mol. The van der Waals surface area contributed by atoms with E-state index in [1.165, 1.54) is 10.5 Å². The van der Waals surface area contributed by atoms with Crippen LogP contribution in [0.1, 0.15) is 11.6 Å². The van der Waals surface area contributed by atoms with E-state index in [-0.39, 0.29) is 5.56 Å². The molecule has 7 heteroatoms. The van der Waals surface area contributed by atoms with Gasteiger partial charge in [-0.2, -0.15) is 5.10 Å². The average Bonchev–Trinajstić information content (AvgIpc) is 3.13. The Labute approximate surface area is 135 Å². The molecule has 0 radical (unpaired) electrons. The number of aryl methyl sites for hydroxylation is 1. The second-order valence-corrected chi connectivity index (χ2v) is 7.45. The number of nitrogens with one attached hydrogen (secondary N) is 2. The van der Waals surface area contributed by atoms with Crippen LogP contribution in [0.2, 0.25) is 0 Å². The van der Waals surface area contributed by atoms with Crippen LogP contribution in [0, 0.1) is 6.92 Å². The van der Waals surface area contributed by atoms with Gasteiger partial charge in [0, 0.05) is 16.4 Å². The number of aromatic amines is 2. The van der Waals surface area contributed by atoms with Gasteiger partial charge in [0.15, 0.2) is 5.39 Å². The van der Waals surface area contributed by atoms with E-state index in [0.29, 0.717) is 11.4 Å². The Morgan fingerprint density at radius 1 is 1.41 bits per heavy atom. The predicted octanol–water partition coefficient (Wildman–Crippen LogP) is 2.29. The van der Waals surface area contributed by atoms with Crippen LogP contribution in [0.15, 0.2) is 45.3 Å². The molecule has 2 N–H and O–H groups in total. The minimum Gasteiger partial charge on any atom is -0.250 e. The number of fused-ring (bicyclic) bond motifs is 3. The third kappa shape index (κ3) is 2.34. The highest BCUT2D eigenvalue weighted by molar-refractivity contribution is 8.00. The maximum Gasteiger partial charge on any atom is 0.320 e. The summed E-state index contributed by atoms with van der Waals surface area (Å²) in [6.45, 7) is 2.10. The van der Waals surface area contributed by atoms with Gasteiger partial charge in [-0.05, 0) is 19.1 Å². The standard InChI is InChI=1S/C15H14N4OS2/c1-9-2-4-11(5-3-9)21-7-10-8-22-15-17-14(20)12-6-16-18-13(12)19(10)15/h2-6,10H,7-8H2,1H3,(H,16,18,20)/p+1. The van der Waals surface area contributed by atoms with Crippen LogP contribution in [0.25, 0.3) is 11.0 Å². The minimum absolute atomic E-state index is 0.0747. The summed E-state index contributed by atoms with van der Waals surface area (Å²) < 4.78 is 2.18. The second kappa shape index (κ2) is 5.48. The molecule has 0 fully saturated rings. The summed E-state index contributed by atoms with van der Waals surface area (Å²) in [7, 11) is 0. The highest BCUT2D eigenvalue weighted by Gasteiger charge is 2.32. The third-order valence-electron chi connectivity index (χ3n) is 3.78. The average molecular weight is 331 g/mol. The van der Waals surface area contributed by atoms with Gasteiger partial charge in [-0.1, -0.05) is 29.5 Å².